The molecule has 0 saturated heterocycles. The van der Waals surface area contributed by atoms with Crippen molar-refractivity contribution < 1.29 is 14.3 Å². The van der Waals surface area contributed by atoms with Gasteiger partial charge in [0, 0.05) is 25.2 Å². The summed E-state index contributed by atoms with van der Waals surface area (Å²) in [6, 6.07) is 5.79. The fourth-order valence-corrected chi connectivity index (χ4v) is 3.05. The molecule has 0 unspecified atom stereocenters. The lowest BCUT2D eigenvalue weighted by molar-refractivity contribution is -0.870. The van der Waals surface area contributed by atoms with E-state index in [1.165, 1.54) is 6.08 Å². The van der Waals surface area contributed by atoms with Crippen LogP contribution in [0, 0.1) is 5.41 Å². The highest BCUT2D eigenvalue weighted by Crippen LogP contribution is 2.31. The van der Waals surface area contributed by atoms with Crippen molar-refractivity contribution in [2.75, 3.05) is 52.8 Å². The van der Waals surface area contributed by atoms with Crippen LogP contribution in [-0.2, 0) is 4.74 Å². The first-order valence-electron chi connectivity index (χ1n) is 9.91. The van der Waals surface area contributed by atoms with Crippen LogP contribution in [-0.4, -0.2) is 78.1 Å². The second kappa shape index (κ2) is 9.10. The third-order valence-electron chi connectivity index (χ3n) is 4.52. The average Bonchev–Trinajstić information content (AvgIpc) is 3.03. The van der Waals surface area contributed by atoms with Gasteiger partial charge in [-0.1, -0.05) is 6.07 Å². The van der Waals surface area contributed by atoms with Crippen LogP contribution in [0.4, 0.5) is 11.5 Å². The molecule has 9 nitrogen and oxygen atoms in total. The maximum Gasteiger partial charge on any atom is 0.175 e. The number of rotatable bonds is 9. The van der Waals surface area contributed by atoms with Crippen molar-refractivity contribution in [3.8, 4) is 0 Å². The number of nitrogens with one attached hydrogen (secondary N) is 2. The third-order valence-corrected chi connectivity index (χ3v) is 4.52. The number of aliphatic hydroxyl groups excluding tert-OH is 1. The quantitative estimate of drug-likeness (QED) is 0.284. The number of aromatic nitrogens is 2. The Kier molecular flexibility index (Phi) is 6.53. The highest BCUT2D eigenvalue weighted by Gasteiger charge is 2.18. The number of ether oxygens (including phenoxy) is 1. The molecule has 2 heterocycles. The second-order valence-corrected chi connectivity index (χ2v) is 8.11. The molecule has 2 aromatic heterocycles. The number of fused-ring (bicyclic) bond motifs is 1. The van der Waals surface area contributed by atoms with Crippen LogP contribution in [0.3, 0.4) is 0 Å². The van der Waals surface area contributed by atoms with E-state index in [1.54, 1.807) is 10.6 Å². The number of quaternary nitrogens is 1. The number of hydrogen-bond donors (Lipinski definition) is 4. The van der Waals surface area contributed by atoms with Crippen molar-refractivity contribution >= 4 is 28.4 Å². The van der Waals surface area contributed by atoms with E-state index in [9.17, 15) is 0 Å². The Balaban J connectivity index is 1.92. The zero-order valence-electron chi connectivity index (χ0n) is 17.7. The Hall–Kier alpha value is -3.17. The fourth-order valence-electron chi connectivity index (χ4n) is 3.05. The van der Waals surface area contributed by atoms with Gasteiger partial charge in [0.05, 0.1) is 56.9 Å². The molecule has 1 aliphatic rings. The first-order chi connectivity index (χ1) is 14.3. The van der Waals surface area contributed by atoms with Crippen LogP contribution >= 0.6 is 0 Å². The van der Waals surface area contributed by atoms with Crippen molar-refractivity contribution in [2.45, 2.75) is 6.42 Å². The normalized spacial score (nSPS) is 16.0. The standard InChI is InChI=1S/C21H30N7O2/c1-28(2,3)10-6-8-24-21-20(18-7-4-5-9-27(18)26-21)25-17-14-19(30-12-11-29)16(23)13-15(17)22/h4-5,7,9,13-14,23,29H,6,8,10-12,22H2,1-3H3,(H,24,26)/q+1/b23-16?,25-17+. The number of allylic oxidation sites excluding steroid dienone is 2. The van der Waals surface area contributed by atoms with Gasteiger partial charge in [-0.3, -0.25) is 5.41 Å². The van der Waals surface area contributed by atoms with Gasteiger partial charge >= 0.3 is 0 Å². The van der Waals surface area contributed by atoms with Crippen LogP contribution in [0.5, 0.6) is 0 Å². The Labute approximate surface area is 176 Å². The zero-order valence-corrected chi connectivity index (χ0v) is 17.7. The van der Waals surface area contributed by atoms with Crippen LogP contribution < -0.4 is 11.1 Å². The lowest BCUT2D eigenvalue weighted by atomic mass is 10.1. The van der Waals surface area contributed by atoms with Crippen molar-refractivity contribution in [2.24, 2.45) is 10.7 Å². The monoisotopic (exact) mass is 412 g/mol. The molecule has 0 aliphatic heterocycles. The molecule has 3 rings (SSSR count). The number of aliphatic imine (C=N–C) groups is 1. The van der Waals surface area contributed by atoms with Crippen molar-refractivity contribution in [1.82, 2.24) is 9.61 Å². The Morgan fingerprint density at radius 3 is 2.83 bits per heavy atom. The molecule has 2 aromatic rings. The first kappa shape index (κ1) is 21.5. The molecule has 0 atom stereocenters. The molecule has 0 saturated carbocycles. The molecule has 0 radical (unpaired) electrons. The topological polar surface area (TPSA) is 121 Å². The molecule has 1 aliphatic carbocycles. The largest absolute Gasteiger partial charge is 0.489 e. The van der Waals surface area contributed by atoms with Gasteiger partial charge < -0.3 is 25.4 Å². The highest BCUT2D eigenvalue weighted by atomic mass is 16.5. The molecule has 5 N–H and O–H groups in total. The van der Waals surface area contributed by atoms with Crippen molar-refractivity contribution in [1.29, 1.82) is 5.41 Å². The second-order valence-electron chi connectivity index (χ2n) is 8.11. The van der Waals surface area contributed by atoms with Crippen LogP contribution in [0.25, 0.3) is 5.52 Å². The summed E-state index contributed by atoms with van der Waals surface area (Å²) in [5.41, 5.74) is 8.68. The average molecular weight is 413 g/mol. The predicted molar refractivity (Wildman–Crippen MR) is 119 cm³/mol. The first-order valence-corrected chi connectivity index (χ1v) is 9.91. The highest BCUT2D eigenvalue weighted by molar-refractivity contribution is 6.22. The molecule has 9 heteroatoms. The van der Waals surface area contributed by atoms with Gasteiger partial charge in [0.25, 0.3) is 0 Å². The van der Waals surface area contributed by atoms with Gasteiger partial charge in [0.2, 0.25) is 0 Å². The molecular weight excluding hydrogens is 382 g/mol. The van der Waals surface area contributed by atoms with E-state index in [4.69, 9.17) is 26.0 Å². The van der Waals surface area contributed by atoms with E-state index in [2.05, 4.69) is 31.6 Å². The number of hydrogen-bond acceptors (Lipinski definition) is 7. The fraction of sp³-hybridized carbons (Fsp3) is 0.381. The third kappa shape index (κ3) is 5.25. The summed E-state index contributed by atoms with van der Waals surface area (Å²) in [5, 5.41) is 25.0. The molecule has 0 aromatic carbocycles. The molecule has 0 fully saturated rings. The van der Waals surface area contributed by atoms with Gasteiger partial charge in [0.15, 0.2) is 5.82 Å². The van der Waals surface area contributed by atoms with Crippen LogP contribution in [0.15, 0.2) is 53.0 Å². The van der Waals surface area contributed by atoms with Gasteiger partial charge in [-0.25, -0.2) is 9.51 Å². The number of nitrogens with zero attached hydrogens (tertiary/aromatic N) is 4. The lowest BCUT2D eigenvalue weighted by Gasteiger charge is -2.23. The summed E-state index contributed by atoms with van der Waals surface area (Å²) in [7, 11) is 6.50. The van der Waals surface area contributed by atoms with Crippen molar-refractivity contribution in [3.63, 3.8) is 0 Å². The molecule has 0 spiro atoms. The molecule has 0 bridgehead atoms. The summed E-state index contributed by atoms with van der Waals surface area (Å²) in [6.07, 6.45) is 6.00. The Morgan fingerprint density at radius 1 is 1.30 bits per heavy atom. The maximum atomic E-state index is 9.00. The van der Waals surface area contributed by atoms with Crippen LogP contribution in [0.1, 0.15) is 6.42 Å². The summed E-state index contributed by atoms with van der Waals surface area (Å²) in [5.74, 6) is 1.00. The van der Waals surface area contributed by atoms with Gasteiger partial charge in [-0.05, 0) is 18.2 Å². The van der Waals surface area contributed by atoms with Gasteiger partial charge in [-0.2, -0.15) is 0 Å². The summed E-state index contributed by atoms with van der Waals surface area (Å²) in [6.45, 7) is 1.78. The summed E-state index contributed by atoms with van der Waals surface area (Å²) in [4.78, 5) is 4.77. The van der Waals surface area contributed by atoms with E-state index in [0.717, 1.165) is 29.5 Å². The number of anilines is 1. The smallest absolute Gasteiger partial charge is 0.175 e. The van der Waals surface area contributed by atoms with E-state index in [-0.39, 0.29) is 18.9 Å². The SMILES string of the molecule is C[N+](C)(C)CCCNc1nn2ccccc2c1/N=C1\C=C(OCCO)C(=N)C=C1N. The molecule has 160 valence electrons. The minimum Gasteiger partial charge on any atom is -0.489 e. The number of nitrogens with two attached hydrogens (primary N) is 1. The molecule has 30 heavy (non-hydrogen) atoms. The maximum absolute atomic E-state index is 9.00. The minimum absolute atomic E-state index is 0.102. The van der Waals surface area contributed by atoms with E-state index in [0.29, 0.717) is 28.7 Å². The van der Waals surface area contributed by atoms with Crippen molar-refractivity contribution in [3.05, 3.63) is 48.0 Å². The van der Waals surface area contributed by atoms with E-state index >= 15 is 0 Å². The number of aliphatic hydroxyl groups is 1. The molecular formula is C21H30N7O2+. The van der Waals surface area contributed by atoms with E-state index in [1.807, 2.05) is 24.4 Å². The van der Waals surface area contributed by atoms with Gasteiger partial charge in [-0.15, -0.1) is 5.10 Å². The summed E-state index contributed by atoms with van der Waals surface area (Å²) >= 11 is 0. The predicted octanol–water partition coefficient (Wildman–Crippen LogP) is 1.68. The Morgan fingerprint density at radius 2 is 2.10 bits per heavy atom. The summed E-state index contributed by atoms with van der Waals surface area (Å²) < 4.78 is 8.12. The van der Waals surface area contributed by atoms with Gasteiger partial charge in [0.1, 0.15) is 18.1 Å². The zero-order chi connectivity index (χ0) is 21.7. The lowest BCUT2D eigenvalue weighted by Crippen LogP contribution is -2.36. The van der Waals surface area contributed by atoms with E-state index < -0.39 is 0 Å². The molecule has 0 amide bonds. The number of pyridine rings is 1. The van der Waals surface area contributed by atoms with Crippen LogP contribution in [0.2, 0.25) is 0 Å². The Bertz CT molecular complexity index is 1010. The minimum atomic E-state index is -0.133.